The van der Waals surface area contributed by atoms with Crippen molar-refractivity contribution in [1.29, 1.82) is 0 Å². The predicted octanol–water partition coefficient (Wildman–Crippen LogP) is 1.73. The van der Waals surface area contributed by atoms with E-state index < -0.39 is 10.0 Å². The van der Waals surface area contributed by atoms with E-state index in [-0.39, 0.29) is 29.7 Å². The van der Waals surface area contributed by atoms with Gasteiger partial charge < -0.3 is 10.6 Å². The summed E-state index contributed by atoms with van der Waals surface area (Å²) in [4.78, 5) is 4.24. The molecule has 0 saturated heterocycles. The van der Waals surface area contributed by atoms with Gasteiger partial charge in [-0.3, -0.25) is 4.99 Å². The zero-order valence-electron chi connectivity index (χ0n) is 14.5. The number of guanidine groups is 1. The maximum Gasteiger partial charge on any atom is 0.213 e. The summed E-state index contributed by atoms with van der Waals surface area (Å²) in [7, 11) is 0.325. The van der Waals surface area contributed by atoms with Crippen molar-refractivity contribution in [1.82, 2.24) is 14.9 Å². The van der Waals surface area contributed by atoms with E-state index in [4.69, 9.17) is 0 Å². The van der Waals surface area contributed by atoms with Gasteiger partial charge in [-0.2, -0.15) is 11.8 Å². The molecule has 1 aliphatic rings. The fourth-order valence-corrected chi connectivity index (χ4v) is 4.19. The molecule has 23 heavy (non-hydrogen) atoms. The van der Waals surface area contributed by atoms with E-state index in [2.05, 4.69) is 21.9 Å². The van der Waals surface area contributed by atoms with Crippen molar-refractivity contribution in [2.24, 2.45) is 4.99 Å². The molecule has 1 aliphatic carbocycles. The fraction of sp³-hybridized carbons (Fsp3) is 0.929. The predicted molar refractivity (Wildman–Crippen MR) is 112 cm³/mol. The van der Waals surface area contributed by atoms with Crippen molar-refractivity contribution < 1.29 is 8.42 Å². The minimum Gasteiger partial charge on any atom is -0.356 e. The van der Waals surface area contributed by atoms with Crippen LogP contribution in [0.3, 0.4) is 0 Å². The average molecular weight is 478 g/mol. The molecule has 2 atom stereocenters. The van der Waals surface area contributed by atoms with Crippen molar-refractivity contribution in [2.45, 2.75) is 43.9 Å². The van der Waals surface area contributed by atoms with E-state index in [0.29, 0.717) is 19.1 Å². The Balaban J connectivity index is 0.00000484. The highest BCUT2D eigenvalue weighted by atomic mass is 127. The lowest BCUT2D eigenvalue weighted by atomic mass is 10.2. The number of hydrogen-bond acceptors (Lipinski definition) is 4. The van der Waals surface area contributed by atoms with Gasteiger partial charge in [0.2, 0.25) is 10.0 Å². The second-order valence-corrected chi connectivity index (χ2v) is 9.09. The molecule has 0 aromatic carbocycles. The number of nitrogens with one attached hydrogen (secondary N) is 2. The first-order valence-corrected chi connectivity index (χ1v) is 10.8. The molecule has 0 aliphatic heterocycles. The molecule has 0 amide bonds. The third kappa shape index (κ3) is 8.26. The molecule has 138 valence electrons. The van der Waals surface area contributed by atoms with Gasteiger partial charge in [-0.25, -0.2) is 12.7 Å². The maximum absolute atomic E-state index is 11.6. The van der Waals surface area contributed by atoms with Gasteiger partial charge in [0.15, 0.2) is 5.96 Å². The van der Waals surface area contributed by atoms with Crippen molar-refractivity contribution >= 4 is 51.7 Å². The number of aliphatic imine (C=N–C) groups is 1. The van der Waals surface area contributed by atoms with Crippen LogP contribution in [-0.2, 0) is 10.0 Å². The molecule has 0 aromatic heterocycles. The number of thioether (sulfide) groups is 1. The van der Waals surface area contributed by atoms with E-state index in [1.807, 2.05) is 11.8 Å². The minimum absolute atomic E-state index is 0. The van der Waals surface area contributed by atoms with Crippen LogP contribution in [0.1, 0.15) is 32.6 Å². The zero-order valence-corrected chi connectivity index (χ0v) is 18.5. The Bertz CT molecular complexity index is 460. The molecular formula is C14H31IN4O2S2. The summed E-state index contributed by atoms with van der Waals surface area (Å²) in [5.41, 5.74) is 0. The molecule has 2 unspecified atom stereocenters. The van der Waals surface area contributed by atoms with E-state index in [1.54, 1.807) is 21.0 Å². The van der Waals surface area contributed by atoms with E-state index in [1.165, 1.54) is 23.6 Å². The summed E-state index contributed by atoms with van der Waals surface area (Å²) in [5.74, 6) is 0.964. The Morgan fingerprint density at radius 3 is 2.61 bits per heavy atom. The molecule has 1 rings (SSSR count). The third-order valence-corrected chi connectivity index (χ3v) is 7.02. The van der Waals surface area contributed by atoms with Gasteiger partial charge in [0.25, 0.3) is 0 Å². The molecule has 0 aromatic rings. The van der Waals surface area contributed by atoms with Gasteiger partial charge in [0.05, 0.1) is 5.75 Å². The largest absolute Gasteiger partial charge is 0.356 e. The van der Waals surface area contributed by atoms with Gasteiger partial charge in [-0.15, -0.1) is 24.0 Å². The number of nitrogens with zero attached hydrogens (tertiary/aromatic N) is 2. The average Bonchev–Trinajstić information content (AvgIpc) is 2.97. The Kier molecular flexibility index (Phi) is 11.9. The molecule has 0 bridgehead atoms. The topological polar surface area (TPSA) is 73.8 Å². The van der Waals surface area contributed by atoms with Crippen molar-refractivity contribution in [3.8, 4) is 0 Å². The zero-order chi connectivity index (χ0) is 16.6. The van der Waals surface area contributed by atoms with Gasteiger partial charge in [0, 0.05) is 38.5 Å². The Labute approximate surface area is 162 Å². The summed E-state index contributed by atoms with van der Waals surface area (Å²) in [5, 5.41) is 7.47. The summed E-state index contributed by atoms with van der Waals surface area (Å²) >= 11 is 1.94. The maximum atomic E-state index is 11.6. The molecular weight excluding hydrogens is 447 g/mol. The Morgan fingerprint density at radius 2 is 2.09 bits per heavy atom. The SMILES string of the molecule is CCS(=O)(=O)N(C)CCCNC(=NC)NC1CCC(SC)C1.I. The molecule has 0 radical (unpaired) electrons. The second kappa shape index (κ2) is 11.8. The Hall–Kier alpha value is 0.260. The van der Waals surface area contributed by atoms with Crippen LogP contribution in [0.5, 0.6) is 0 Å². The smallest absolute Gasteiger partial charge is 0.213 e. The standard InChI is InChI=1S/C14H30N4O2S2.HI/c1-5-22(19,20)18(3)10-6-9-16-14(15-2)17-12-7-8-13(11-12)21-4;/h12-13H,5-11H2,1-4H3,(H2,15,16,17);1H. The van der Waals surface area contributed by atoms with Crippen LogP contribution in [0.15, 0.2) is 4.99 Å². The fourth-order valence-electron chi connectivity index (χ4n) is 2.54. The first-order chi connectivity index (χ1) is 10.4. The van der Waals surface area contributed by atoms with E-state index in [0.717, 1.165) is 17.6 Å². The number of sulfonamides is 1. The molecule has 9 heteroatoms. The molecule has 1 saturated carbocycles. The minimum atomic E-state index is -3.07. The summed E-state index contributed by atoms with van der Waals surface area (Å²) in [6.07, 6.45) is 6.55. The molecule has 2 N–H and O–H groups in total. The highest BCUT2D eigenvalue weighted by Crippen LogP contribution is 2.27. The van der Waals surface area contributed by atoms with Gasteiger partial charge in [-0.05, 0) is 38.9 Å². The normalized spacial score (nSPS) is 22.0. The van der Waals surface area contributed by atoms with Gasteiger partial charge in [0.1, 0.15) is 0 Å². The molecule has 0 spiro atoms. The Morgan fingerprint density at radius 1 is 1.39 bits per heavy atom. The van der Waals surface area contributed by atoms with E-state index >= 15 is 0 Å². The van der Waals surface area contributed by atoms with Crippen molar-refractivity contribution in [3.05, 3.63) is 0 Å². The van der Waals surface area contributed by atoms with Crippen LogP contribution in [0, 0.1) is 0 Å². The van der Waals surface area contributed by atoms with E-state index in [9.17, 15) is 8.42 Å². The van der Waals surface area contributed by atoms with Crippen LogP contribution >= 0.6 is 35.7 Å². The number of halogens is 1. The highest BCUT2D eigenvalue weighted by Gasteiger charge is 2.24. The van der Waals surface area contributed by atoms with Crippen LogP contribution < -0.4 is 10.6 Å². The van der Waals surface area contributed by atoms with Crippen molar-refractivity contribution in [2.75, 3.05) is 39.2 Å². The first-order valence-electron chi connectivity index (χ1n) is 7.87. The lowest BCUT2D eigenvalue weighted by molar-refractivity contribution is 0.461. The summed E-state index contributed by atoms with van der Waals surface area (Å²) in [6.45, 7) is 2.90. The number of hydrogen-bond donors (Lipinski definition) is 2. The van der Waals surface area contributed by atoms with Gasteiger partial charge in [-0.1, -0.05) is 0 Å². The van der Waals surface area contributed by atoms with Crippen LogP contribution in [0.2, 0.25) is 0 Å². The van der Waals surface area contributed by atoms with Crippen LogP contribution in [-0.4, -0.2) is 69.2 Å². The monoisotopic (exact) mass is 478 g/mol. The quantitative estimate of drug-likeness (QED) is 0.241. The van der Waals surface area contributed by atoms with Crippen molar-refractivity contribution in [3.63, 3.8) is 0 Å². The van der Waals surface area contributed by atoms with Gasteiger partial charge >= 0.3 is 0 Å². The summed E-state index contributed by atoms with van der Waals surface area (Å²) < 4.78 is 24.7. The molecule has 1 fully saturated rings. The number of rotatable bonds is 8. The highest BCUT2D eigenvalue weighted by molar-refractivity contribution is 14.0. The second-order valence-electron chi connectivity index (χ2n) is 5.59. The molecule has 6 nitrogen and oxygen atoms in total. The van der Waals surface area contributed by atoms with Crippen LogP contribution in [0.4, 0.5) is 0 Å². The van der Waals surface area contributed by atoms with Crippen LogP contribution in [0.25, 0.3) is 0 Å². The summed E-state index contributed by atoms with van der Waals surface area (Å²) in [6, 6.07) is 0.492. The third-order valence-electron chi connectivity index (χ3n) is 4.06. The first kappa shape index (κ1) is 23.3. The molecule has 0 heterocycles. The lowest BCUT2D eigenvalue weighted by Gasteiger charge is -2.19. The lowest BCUT2D eigenvalue weighted by Crippen LogP contribution is -2.43.